The van der Waals surface area contributed by atoms with Gasteiger partial charge in [-0.1, -0.05) is 80.4 Å². The number of carbonyl (C=O) groups excluding carboxylic acids is 2. The van der Waals surface area contributed by atoms with Crippen LogP contribution in [0.25, 0.3) is 0 Å². The second-order valence-corrected chi connectivity index (χ2v) is 9.53. The maximum absolute atomic E-state index is 13.0. The SMILES string of the molecule is CCCCCC(=O)N(CCC(=O)N1CCN(C(c2ccccc2)c2ccccc2)CC1)C(C)C. The number of rotatable bonds is 11. The maximum atomic E-state index is 13.0. The number of carbonyl (C=O) groups is 2. The van der Waals surface area contributed by atoms with Crippen molar-refractivity contribution in [2.45, 2.75) is 65.0 Å². The molecule has 0 saturated carbocycles. The van der Waals surface area contributed by atoms with Crippen LogP contribution < -0.4 is 0 Å². The summed E-state index contributed by atoms with van der Waals surface area (Å²) in [6.07, 6.45) is 4.10. The highest BCUT2D eigenvalue weighted by atomic mass is 16.2. The number of piperazine rings is 1. The van der Waals surface area contributed by atoms with E-state index in [2.05, 4.69) is 72.5 Å². The first-order valence-electron chi connectivity index (χ1n) is 12.9. The molecule has 0 spiro atoms. The summed E-state index contributed by atoms with van der Waals surface area (Å²) >= 11 is 0. The number of hydrogen-bond donors (Lipinski definition) is 0. The summed E-state index contributed by atoms with van der Waals surface area (Å²) in [4.78, 5) is 32.0. The lowest BCUT2D eigenvalue weighted by Crippen LogP contribution is -2.50. The molecule has 0 N–H and O–H groups in total. The average Bonchev–Trinajstić information content (AvgIpc) is 2.86. The highest BCUT2D eigenvalue weighted by Crippen LogP contribution is 2.29. The monoisotopic (exact) mass is 463 g/mol. The molecule has 0 bridgehead atoms. The minimum Gasteiger partial charge on any atom is -0.340 e. The minimum absolute atomic E-state index is 0.122. The van der Waals surface area contributed by atoms with Crippen molar-refractivity contribution in [2.24, 2.45) is 0 Å². The van der Waals surface area contributed by atoms with Crippen LogP contribution in [0, 0.1) is 0 Å². The van der Waals surface area contributed by atoms with E-state index in [4.69, 9.17) is 0 Å². The lowest BCUT2D eigenvalue weighted by Gasteiger charge is -2.40. The molecule has 5 heteroatoms. The zero-order valence-electron chi connectivity index (χ0n) is 21.2. The Morgan fingerprint density at radius 2 is 1.38 bits per heavy atom. The number of benzene rings is 2. The fourth-order valence-electron chi connectivity index (χ4n) is 4.83. The molecule has 0 radical (unpaired) electrons. The molecule has 0 aromatic heterocycles. The molecule has 1 aliphatic heterocycles. The molecule has 1 heterocycles. The molecule has 34 heavy (non-hydrogen) atoms. The van der Waals surface area contributed by atoms with Crippen LogP contribution in [0.2, 0.25) is 0 Å². The van der Waals surface area contributed by atoms with Crippen LogP contribution in [0.4, 0.5) is 0 Å². The van der Waals surface area contributed by atoms with Gasteiger partial charge in [-0.15, -0.1) is 0 Å². The van der Waals surface area contributed by atoms with E-state index in [9.17, 15) is 9.59 Å². The number of hydrogen-bond acceptors (Lipinski definition) is 3. The Bertz CT molecular complexity index is 837. The first-order valence-corrected chi connectivity index (χ1v) is 12.9. The third kappa shape index (κ3) is 7.17. The standard InChI is InChI=1S/C29H41N3O2/c1-4-5-8-17-28(34)32(24(2)3)19-18-27(33)30-20-22-31(23-21-30)29(25-13-9-6-10-14-25)26-15-11-7-12-16-26/h6-7,9-16,24,29H,4-5,8,17-23H2,1-3H3. The van der Waals surface area contributed by atoms with E-state index in [-0.39, 0.29) is 23.9 Å². The van der Waals surface area contributed by atoms with Crippen LogP contribution in [0.15, 0.2) is 60.7 Å². The largest absolute Gasteiger partial charge is 0.340 e. The first-order chi connectivity index (χ1) is 16.5. The van der Waals surface area contributed by atoms with E-state index >= 15 is 0 Å². The topological polar surface area (TPSA) is 43.9 Å². The van der Waals surface area contributed by atoms with Crippen molar-refractivity contribution in [1.29, 1.82) is 0 Å². The molecular formula is C29H41N3O2. The molecule has 2 amide bonds. The Labute approximate surface area is 205 Å². The highest BCUT2D eigenvalue weighted by Gasteiger charge is 2.28. The molecule has 0 unspecified atom stereocenters. The normalized spacial score (nSPS) is 14.6. The number of unbranched alkanes of at least 4 members (excludes halogenated alkanes) is 2. The fourth-order valence-corrected chi connectivity index (χ4v) is 4.83. The zero-order chi connectivity index (χ0) is 24.3. The Morgan fingerprint density at radius 3 is 1.88 bits per heavy atom. The molecular weight excluding hydrogens is 422 g/mol. The van der Waals surface area contributed by atoms with Gasteiger partial charge in [0.15, 0.2) is 0 Å². The van der Waals surface area contributed by atoms with E-state index in [1.165, 1.54) is 11.1 Å². The third-order valence-electron chi connectivity index (χ3n) is 6.77. The lowest BCUT2D eigenvalue weighted by atomic mass is 9.96. The average molecular weight is 464 g/mol. The predicted molar refractivity (Wildman–Crippen MR) is 138 cm³/mol. The van der Waals surface area contributed by atoms with Gasteiger partial charge in [0.25, 0.3) is 0 Å². The van der Waals surface area contributed by atoms with Crippen molar-refractivity contribution >= 4 is 11.8 Å². The zero-order valence-corrected chi connectivity index (χ0v) is 21.2. The van der Waals surface area contributed by atoms with Gasteiger partial charge in [-0.2, -0.15) is 0 Å². The van der Waals surface area contributed by atoms with Crippen LogP contribution >= 0.6 is 0 Å². The van der Waals surface area contributed by atoms with Crippen molar-refractivity contribution in [2.75, 3.05) is 32.7 Å². The second kappa shape index (κ2) is 13.3. The molecule has 0 atom stereocenters. The van der Waals surface area contributed by atoms with Crippen molar-refractivity contribution in [3.63, 3.8) is 0 Å². The van der Waals surface area contributed by atoms with Gasteiger partial charge < -0.3 is 9.80 Å². The summed E-state index contributed by atoms with van der Waals surface area (Å²) in [6.45, 7) is 9.85. The van der Waals surface area contributed by atoms with Crippen molar-refractivity contribution in [3.05, 3.63) is 71.8 Å². The van der Waals surface area contributed by atoms with Crippen molar-refractivity contribution < 1.29 is 9.59 Å². The molecule has 184 valence electrons. The molecule has 5 nitrogen and oxygen atoms in total. The summed E-state index contributed by atoms with van der Waals surface area (Å²) in [5.74, 6) is 0.331. The van der Waals surface area contributed by atoms with Gasteiger partial charge in [-0.05, 0) is 31.4 Å². The Hall–Kier alpha value is -2.66. The summed E-state index contributed by atoms with van der Waals surface area (Å²) in [5, 5.41) is 0. The van der Waals surface area contributed by atoms with Gasteiger partial charge in [0.05, 0.1) is 6.04 Å². The van der Waals surface area contributed by atoms with Crippen molar-refractivity contribution in [3.8, 4) is 0 Å². The third-order valence-corrected chi connectivity index (χ3v) is 6.77. The Morgan fingerprint density at radius 1 is 0.824 bits per heavy atom. The van der Waals surface area contributed by atoms with Gasteiger partial charge in [-0.3, -0.25) is 14.5 Å². The summed E-state index contributed by atoms with van der Waals surface area (Å²) in [6, 6.07) is 21.5. The van der Waals surface area contributed by atoms with Gasteiger partial charge >= 0.3 is 0 Å². The van der Waals surface area contributed by atoms with Gasteiger partial charge in [0.2, 0.25) is 11.8 Å². The quantitative estimate of drug-likeness (QED) is 0.434. The van der Waals surface area contributed by atoms with E-state index in [1.807, 2.05) is 23.6 Å². The lowest BCUT2D eigenvalue weighted by molar-refractivity contribution is -0.136. The van der Waals surface area contributed by atoms with E-state index in [0.717, 1.165) is 45.4 Å². The van der Waals surface area contributed by atoms with E-state index in [0.29, 0.717) is 19.4 Å². The maximum Gasteiger partial charge on any atom is 0.224 e. The smallest absolute Gasteiger partial charge is 0.224 e. The summed E-state index contributed by atoms with van der Waals surface area (Å²) < 4.78 is 0. The van der Waals surface area contributed by atoms with Crippen LogP contribution in [0.1, 0.15) is 70.0 Å². The number of amides is 2. The minimum atomic E-state index is 0.122. The van der Waals surface area contributed by atoms with Crippen molar-refractivity contribution in [1.82, 2.24) is 14.7 Å². The van der Waals surface area contributed by atoms with Gasteiger partial charge in [0, 0.05) is 51.6 Å². The number of nitrogens with zero attached hydrogens (tertiary/aromatic N) is 3. The molecule has 1 fully saturated rings. The molecule has 2 aromatic carbocycles. The molecule has 3 rings (SSSR count). The molecule has 1 aliphatic rings. The first kappa shape index (κ1) is 26.0. The van der Waals surface area contributed by atoms with Gasteiger partial charge in [-0.25, -0.2) is 0 Å². The van der Waals surface area contributed by atoms with Crippen LogP contribution in [0.3, 0.4) is 0 Å². The Balaban J connectivity index is 1.56. The fraction of sp³-hybridized carbons (Fsp3) is 0.517. The highest BCUT2D eigenvalue weighted by molar-refractivity contribution is 5.79. The summed E-state index contributed by atoms with van der Waals surface area (Å²) in [7, 11) is 0. The van der Waals surface area contributed by atoms with Crippen LogP contribution in [0.5, 0.6) is 0 Å². The second-order valence-electron chi connectivity index (χ2n) is 9.53. The van der Waals surface area contributed by atoms with Crippen LogP contribution in [-0.2, 0) is 9.59 Å². The predicted octanol–water partition coefficient (Wildman–Crippen LogP) is 5.13. The molecule has 1 saturated heterocycles. The van der Waals surface area contributed by atoms with Gasteiger partial charge in [0.1, 0.15) is 0 Å². The summed E-state index contributed by atoms with van der Waals surface area (Å²) in [5.41, 5.74) is 2.56. The van der Waals surface area contributed by atoms with Crippen LogP contribution in [-0.4, -0.2) is 65.3 Å². The molecule has 0 aliphatic carbocycles. The van der Waals surface area contributed by atoms with E-state index < -0.39 is 0 Å². The Kier molecular flexibility index (Phi) is 10.1. The van der Waals surface area contributed by atoms with E-state index in [1.54, 1.807) is 0 Å². The molecule has 2 aromatic rings.